The third-order valence-corrected chi connectivity index (χ3v) is 4.83. The molecule has 0 saturated carbocycles. The van der Waals surface area contributed by atoms with Crippen LogP contribution in [0.5, 0.6) is 0 Å². The Morgan fingerprint density at radius 3 is 2.43 bits per heavy atom. The predicted octanol–water partition coefficient (Wildman–Crippen LogP) is -0.787. The molecule has 2 rings (SSSR count). The van der Waals surface area contributed by atoms with E-state index in [0.717, 1.165) is 16.5 Å². The summed E-state index contributed by atoms with van der Waals surface area (Å²) in [6, 6.07) is 4.13. The van der Waals surface area contributed by atoms with Gasteiger partial charge in [0.2, 0.25) is 11.8 Å². The number of amides is 2. The van der Waals surface area contributed by atoms with Crippen LogP contribution < -0.4 is 22.1 Å². The number of rotatable bonds is 12. The number of fused-ring (bicyclic) bond motifs is 1. The summed E-state index contributed by atoms with van der Waals surface area (Å²) < 4.78 is 0. The minimum atomic E-state index is -1.19. The van der Waals surface area contributed by atoms with Gasteiger partial charge in [-0.1, -0.05) is 18.2 Å². The molecule has 9 N–H and O–H groups in total. The normalized spacial score (nSPS) is 14.1. The van der Waals surface area contributed by atoms with E-state index >= 15 is 0 Å². The van der Waals surface area contributed by atoms with Crippen LogP contribution in [-0.4, -0.2) is 64.3 Å². The van der Waals surface area contributed by atoms with Crippen molar-refractivity contribution in [3.63, 3.8) is 0 Å². The van der Waals surface area contributed by atoms with Gasteiger partial charge in [-0.05, 0) is 37.4 Å². The third kappa shape index (κ3) is 6.28. The van der Waals surface area contributed by atoms with Gasteiger partial charge in [0.25, 0.3) is 0 Å². The molecule has 2 aromatic rings. The molecule has 0 radical (unpaired) electrons. The van der Waals surface area contributed by atoms with E-state index in [1.54, 1.807) is 6.20 Å². The molecule has 0 aliphatic rings. The number of nitrogens with two attached hydrogens (primary N) is 2. The number of unbranched alkanes of at least 4 members (excludes halogenated alkanes) is 1. The van der Waals surface area contributed by atoms with Crippen molar-refractivity contribution in [2.45, 2.75) is 43.8 Å². The molecule has 10 heteroatoms. The topological polar surface area (TPSA) is 184 Å². The second kappa shape index (κ2) is 11.3. The molecule has 2 amide bonds. The van der Waals surface area contributed by atoms with Crippen LogP contribution in [0.1, 0.15) is 24.8 Å². The molecule has 3 unspecified atom stereocenters. The van der Waals surface area contributed by atoms with E-state index in [2.05, 4.69) is 15.6 Å². The molecule has 0 fully saturated rings. The van der Waals surface area contributed by atoms with Crippen LogP contribution >= 0.6 is 0 Å². The fourth-order valence-electron chi connectivity index (χ4n) is 3.12. The summed E-state index contributed by atoms with van der Waals surface area (Å²) in [4.78, 5) is 39.6. The number of para-hydroxylation sites is 1. The summed E-state index contributed by atoms with van der Waals surface area (Å²) >= 11 is 0. The van der Waals surface area contributed by atoms with E-state index < -0.39 is 42.5 Å². The number of H-pyrrole nitrogens is 1. The molecule has 3 atom stereocenters. The Morgan fingerprint density at radius 2 is 1.77 bits per heavy atom. The van der Waals surface area contributed by atoms with Gasteiger partial charge in [0, 0.05) is 23.5 Å². The number of hydrogen-bond acceptors (Lipinski definition) is 6. The molecule has 10 nitrogen and oxygen atoms in total. The van der Waals surface area contributed by atoms with Crippen LogP contribution in [0.4, 0.5) is 0 Å². The van der Waals surface area contributed by atoms with E-state index in [9.17, 15) is 19.5 Å². The zero-order valence-electron chi connectivity index (χ0n) is 16.6. The Kier molecular flexibility index (Phi) is 8.78. The number of aromatic nitrogens is 1. The number of aliphatic hydroxyl groups excluding tert-OH is 1. The van der Waals surface area contributed by atoms with E-state index in [1.807, 2.05) is 24.3 Å². The largest absolute Gasteiger partial charge is 0.480 e. The molecule has 0 saturated heterocycles. The van der Waals surface area contributed by atoms with Gasteiger partial charge in [0.05, 0.1) is 6.61 Å². The fraction of sp³-hybridized carbons (Fsp3) is 0.450. The van der Waals surface area contributed by atoms with Crippen molar-refractivity contribution in [2.24, 2.45) is 11.5 Å². The minimum Gasteiger partial charge on any atom is -0.480 e. The highest BCUT2D eigenvalue weighted by molar-refractivity contribution is 5.92. The number of aromatic amines is 1. The first kappa shape index (κ1) is 23.3. The van der Waals surface area contributed by atoms with Crippen molar-refractivity contribution in [3.8, 4) is 0 Å². The lowest BCUT2D eigenvalue weighted by molar-refractivity contribution is -0.142. The molecule has 0 aliphatic carbocycles. The maximum atomic E-state index is 12.8. The number of carboxylic acid groups (broad SMARTS) is 1. The monoisotopic (exact) mass is 419 g/mol. The second-order valence-electron chi connectivity index (χ2n) is 7.10. The van der Waals surface area contributed by atoms with Gasteiger partial charge in [-0.3, -0.25) is 9.59 Å². The summed E-state index contributed by atoms with van der Waals surface area (Å²) in [7, 11) is 0. The number of carbonyl (C=O) groups is 3. The van der Waals surface area contributed by atoms with Gasteiger partial charge in [-0.2, -0.15) is 0 Å². The molecular formula is C20H29N5O5. The lowest BCUT2D eigenvalue weighted by Gasteiger charge is -2.22. The van der Waals surface area contributed by atoms with Crippen LogP contribution in [0, 0.1) is 0 Å². The van der Waals surface area contributed by atoms with Gasteiger partial charge in [-0.15, -0.1) is 0 Å². The quantitative estimate of drug-likeness (QED) is 0.220. The molecule has 1 heterocycles. The third-order valence-electron chi connectivity index (χ3n) is 4.83. The Bertz CT molecular complexity index is 868. The first-order valence-corrected chi connectivity index (χ1v) is 9.82. The number of nitrogens with one attached hydrogen (secondary N) is 3. The first-order chi connectivity index (χ1) is 14.4. The van der Waals surface area contributed by atoms with E-state index in [0.29, 0.717) is 19.4 Å². The van der Waals surface area contributed by atoms with Crippen LogP contribution in [0.2, 0.25) is 0 Å². The Balaban J connectivity index is 2.11. The standard InChI is InChI=1S/C20H29N5O5/c21-8-4-3-7-16(24-18(27)14(22)11-26)19(28)25-17(20(29)30)9-12-10-23-15-6-2-1-5-13(12)15/h1-2,5-6,10,14,16-17,23,26H,3-4,7-9,11,21-22H2,(H,24,27)(H,25,28)(H,29,30). The second-order valence-corrected chi connectivity index (χ2v) is 7.10. The summed E-state index contributed by atoms with van der Waals surface area (Å²) in [6.45, 7) is -0.141. The van der Waals surface area contributed by atoms with Crippen LogP contribution in [0.15, 0.2) is 30.5 Å². The maximum Gasteiger partial charge on any atom is 0.326 e. The van der Waals surface area contributed by atoms with Crippen molar-refractivity contribution >= 4 is 28.7 Å². The summed E-state index contributed by atoms with van der Waals surface area (Å²) in [5, 5.41) is 24.5. The highest BCUT2D eigenvalue weighted by Gasteiger charge is 2.28. The molecule has 0 bridgehead atoms. The molecule has 30 heavy (non-hydrogen) atoms. The van der Waals surface area contributed by atoms with E-state index in [4.69, 9.17) is 16.6 Å². The van der Waals surface area contributed by atoms with Gasteiger partial charge in [0.15, 0.2) is 0 Å². The van der Waals surface area contributed by atoms with Crippen molar-refractivity contribution in [2.75, 3.05) is 13.2 Å². The van der Waals surface area contributed by atoms with Crippen LogP contribution in [0.25, 0.3) is 10.9 Å². The average Bonchev–Trinajstić information content (AvgIpc) is 3.14. The van der Waals surface area contributed by atoms with Gasteiger partial charge >= 0.3 is 5.97 Å². The SMILES string of the molecule is NCCCCC(NC(=O)C(N)CO)C(=O)NC(Cc1c[nH]c2ccccc12)C(=O)O. The number of aliphatic carboxylic acids is 1. The van der Waals surface area contributed by atoms with Crippen LogP contribution in [-0.2, 0) is 20.8 Å². The number of hydrogen-bond donors (Lipinski definition) is 7. The maximum absolute atomic E-state index is 12.8. The first-order valence-electron chi connectivity index (χ1n) is 9.82. The number of carbonyl (C=O) groups excluding carboxylic acids is 2. The van der Waals surface area contributed by atoms with E-state index in [1.165, 1.54) is 0 Å². The Morgan fingerprint density at radius 1 is 1.07 bits per heavy atom. The van der Waals surface area contributed by atoms with Crippen molar-refractivity contribution < 1.29 is 24.6 Å². The zero-order valence-corrected chi connectivity index (χ0v) is 16.6. The predicted molar refractivity (Wildman–Crippen MR) is 111 cm³/mol. The average molecular weight is 419 g/mol. The lowest BCUT2D eigenvalue weighted by atomic mass is 10.0. The number of benzene rings is 1. The summed E-state index contributed by atoms with van der Waals surface area (Å²) in [5.74, 6) is -2.50. The highest BCUT2D eigenvalue weighted by Crippen LogP contribution is 2.19. The van der Waals surface area contributed by atoms with Gasteiger partial charge in [-0.25, -0.2) is 4.79 Å². The van der Waals surface area contributed by atoms with E-state index in [-0.39, 0.29) is 12.8 Å². The number of carboxylic acids is 1. The van der Waals surface area contributed by atoms with Crippen molar-refractivity contribution in [3.05, 3.63) is 36.0 Å². The minimum absolute atomic E-state index is 0.0741. The molecule has 164 valence electrons. The van der Waals surface area contributed by atoms with Gasteiger partial charge in [0.1, 0.15) is 18.1 Å². The van der Waals surface area contributed by atoms with Crippen molar-refractivity contribution in [1.29, 1.82) is 0 Å². The molecule has 1 aromatic carbocycles. The molecular weight excluding hydrogens is 390 g/mol. The van der Waals surface area contributed by atoms with Gasteiger partial charge < -0.3 is 37.3 Å². The number of aliphatic hydroxyl groups is 1. The smallest absolute Gasteiger partial charge is 0.326 e. The summed E-state index contributed by atoms with van der Waals surface area (Å²) in [5.41, 5.74) is 12.6. The zero-order chi connectivity index (χ0) is 22.1. The molecule has 1 aromatic heterocycles. The molecule has 0 spiro atoms. The highest BCUT2D eigenvalue weighted by atomic mass is 16.4. The van der Waals surface area contributed by atoms with Crippen LogP contribution in [0.3, 0.4) is 0 Å². The Hall–Kier alpha value is -2.95. The lowest BCUT2D eigenvalue weighted by Crippen LogP contribution is -2.55. The van der Waals surface area contributed by atoms with Crippen molar-refractivity contribution in [1.82, 2.24) is 15.6 Å². The Labute approximate surface area is 174 Å². The molecule has 0 aliphatic heterocycles. The fourth-order valence-corrected chi connectivity index (χ4v) is 3.12. The summed E-state index contributed by atoms with van der Waals surface area (Å²) in [6.07, 6.45) is 3.26.